The third-order valence-electron chi connectivity index (χ3n) is 9.56. The number of hydrogen-bond acceptors (Lipinski definition) is 1. The summed E-state index contributed by atoms with van der Waals surface area (Å²) in [6.07, 6.45) is 0. The molecule has 43 heavy (non-hydrogen) atoms. The fraction of sp³-hybridized carbons (Fsp3) is 0.122. The molecule has 1 aliphatic heterocycles. The van der Waals surface area contributed by atoms with Crippen LogP contribution in [0.1, 0.15) is 36.1 Å². The number of anilines is 3. The molecule has 0 saturated carbocycles. The molecule has 0 N–H and O–H groups in total. The molecule has 1 heterocycles. The molecule has 0 radical (unpaired) electrons. The van der Waals surface area contributed by atoms with Crippen LogP contribution in [0.4, 0.5) is 17.1 Å². The first-order chi connectivity index (χ1) is 20.8. The summed E-state index contributed by atoms with van der Waals surface area (Å²) >= 11 is 3.88. The van der Waals surface area contributed by atoms with Gasteiger partial charge in [-0.25, -0.2) is 0 Å². The Morgan fingerprint density at radius 2 is 1.07 bits per heavy atom. The number of halogens is 1. The summed E-state index contributed by atoms with van der Waals surface area (Å²) < 4.78 is 1.13. The average molecular weight is 619 g/mol. The first kappa shape index (κ1) is 26.2. The van der Waals surface area contributed by atoms with E-state index < -0.39 is 0 Å². The number of benzene rings is 7. The van der Waals surface area contributed by atoms with Crippen molar-refractivity contribution in [1.29, 1.82) is 0 Å². The molecule has 0 bridgehead atoms. The van der Waals surface area contributed by atoms with Crippen molar-refractivity contribution in [3.05, 3.63) is 148 Å². The Labute approximate surface area is 261 Å². The lowest BCUT2D eigenvalue weighted by Crippen LogP contribution is -2.31. The normalized spacial score (nSPS) is 13.8. The smallest absolute Gasteiger partial charge is 0.0546 e. The summed E-state index contributed by atoms with van der Waals surface area (Å²) in [7, 11) is 0. The van der Waals surface area contributed by atoms with Crippen molar-refractivity contribution in [3.63, 3.8) is 0 Å². The number of nitrogens with zero attached hydrogens (tertiary/aromatic N) is 1. The summed E-state index contributed by atoms with van der Waals surface area (Å²) in [6.45, 7) is 9.23. The molecule has 0 spiro atoms. The van der Waals surface area contributed by atoms with Crippen LogP contribution >= 0.6 is 15.9 Å². The van der Waals surface area contributed by atoms with Crippen LogP contribution < -0.4 is 4.90 Å². The lowest BCUT2D eigenvalue weighted by atomic mass is 9.72. The molecule has 8 rings (SSSR count). The zero-order valence-corrected chi connectivity index (χ0v) is 26.5. The molecule has 1 nitrogen and oxygen atoms in total. The summed E-state index contributed by atoms with van der Waals surface area (Å²) in [4.78, 5) is 2.53. The fourth-order valence-corrected chi connectivity index (χ4v) is 7.92. The second kappa shape index (κ2) is 9.56. The second-order valence-electron chi connectivity index (χ2n) is 12.4. The van der Waals surface area contributed by atoms with Gasteiger partial charge in [-0.15, -0.1) is 0 Å². The van der Waals surface area contributed by atoms with Gasteiger partial charge in [0.2, 0.25) is 0 Å². The van der Waals surface area contributed by atoms with Crippen molar-refractivity contribution >= 4 is 65.3 Å². The highest BCUT2D eigenvalue weighted by atomic mass is 79.9. The van der Waals surface area contributed by atoms with Crippen LogP contribution in [0.2, 0.25) is 0 Å². The molecule has 0 atom stereocenters. The van der Waals surface area contributed by atoms with E-state index in [4.69, 9.17) is 0 Å². The van der Waals surface area contributed by atoms with Gasteiger partial charge in [-0.2, -0.15) is 0 Å². The molecule has 7 aromatic carbocycles. The van der Waals surface area contributed by atoms with Gasteiger partial charge in [0.1, 0.15) is 0 Å². The van der Waals surface area contributed by atoms with Crippen LogP contribution in [0, 0.1) is 13.8 Å². The number of hydrogen-bond donors (Lipinski definition) is 0. The summed E-state index contributed by atoms with van der Waals surface area (Å²) in [5.74, 6) is 0. The summed E-state index contributed by atoms with van der Waals surface area (Å²) in [6, 6.07) is 44.9. The van der Waals surface area contributed by atoms with E-state index in [1.807, 2.05) is 0 Å². The zero-order valence-electron chi connectivity index (χ0n) is 24.9. The predicted molar refractivity (Wildman–Crippen MR) is 188 cm³/mol. The molecule has 1 aliphatic rings. The number of rotatable bonds is 2. The maximum Gasteiger partial charge on any atom is 0.0546 e. The number of para-hydroxylation sites is 1. The topological polar surface area (TPSA) is 3.24 Å². The van der Waals surface area contributed by atoms with Crippen LogP contribution in [-0.4, -0.2) is 0 Å². The van der Waals surface area contributed by atoms with Gasteiger partial charge in [0, 0.05) is 15.3 Å². The van der Waals surface area contributed by atoms with Gasteiger partial charge in [0.05, 0.1) is 17.1 Å². The third-order valence-corrected chi connectivity index (χ3v) is 10.2. The van der Waals surface area contributed by atoms with Crippen LogP contribution in [-0.2, 0) is 5.41 Å². The van der Waals surface area contributed by atoms with E-state index in [2.05, 4.69) is 170 Å². The highest BCUT2D eigenvalue weighted by Crippen LogP contribution is 2.55. The molecular weight excluding hydrogens is 586 g/mol. The van der Waals surface area contributed by atoms with E-state index in [1.165, 1.54) is 82.8 Å². The highest BCUT2D eigenvalue weighted by molar-refractivity contribution is 9.10. The van der Waals surface area contributed by atoms with Crippen molar-refractivity contribution < 1.29 is 0 Å². The minimum absolute atomic E-state index is 0.169. The highest BCUT2D eigenvalue weighted by Gasteiger charge is 2.38. The SMILES string of the molecule is Cc1ccccc1-c1cc2c(cc1C)N(c1cc3c4ccccc4c(Br)cc3c3ccccc13)c1ccccc1C2(C)C. The standard InChI is InChI=1S/C41H32BrN/c1-25-13-5-6-14-27(25)32-22-36-40(21-26(32)2)43(38-20-12-11-19-35(38)41(36,3)4)39-24-34-28-15-7-9-17-30(28)37(42)23-33(34)29-16-8-10-18-31(29)39/h5-24H,1-4H3. The lowest BCUT2D eigenvalue weighted by Gasteiger charge is -2.43. The molecule has 0 aliphatic carbocycles. The van der Waals surface area contributed by atoms with Gasteiger partial charge in [0.15, 0.2) is 0 Å². The first-order valence-corrected chi connectivity index (χ1v) is 15.8. The molecule has 0 amide bonds. The molecule has 2 heteroatoms. The Morgan fingerprint density at radius 1 is 0.465 bits per heavy atom. The van der Waals surface area contributed by atoms with Gasteiger partial charge in [-0.3, -0.25) is 0 Å². The van der Waals surface area contributed by atoms with Gasteiger partial charge in [-0.1, -0.05) is 121 Å². The van der Waals surface area contributed by atoms with Gasteiger partial charge in [-0.05, 0) is 104 Å². The lowest BCUT2D eigenvalue weighted by molar-refractivity contribution is 0.632. The average Bonchev–Trinajstić information content (AvgIpc) is 3.02. The predicted octanol–water partition coefficient (Wildman–Crippen LogP) is 12.3. The largest absolute Gasteiger partial charge is 0.309 e. The van der Waals surface area contributed by atoms with Crippen molar-refractivity contribution in [2.45, 2.75) is 33.1 Å². The van der Waals surface area contributed by atoms with E-state index in [-0.39, 0.29) is 5.41 Å². The Balaban J connectivity index is 1.50. The zero-order chi connectivity index (χ0) is 29.5. The van der Waals surface area contributed by atoms with Crippen LogP contribution in [0.25, 0.3) is 43.4 Å². The van der Waals surface area contributed by atoms with Gasteiger partial charge < -0.3 is 4.90 Å². The first-order valence-electron chi connectivity index (χ1n) is 15.0. The Hall–Kier alpha value is -4.40. The minimum atomic E-state index is -0.169. The van der Waals surface area contributed by atoms with E-state index in [0.717, 1.165) is 4.47 Å². The monoisotopic (exact) mass is 617 g/mol. The van der Waals surface area contributed by atoms with Crippen LogP contribution in [0.5, 0.6) is 0 Å². The van der Waals surface area contributed by atoms with Crippen LogP contribution in [0.3, 0.4) is 0 Å². The second-order valence-corrected chi connectivity index (χ2v) is 13.3. The molecule has 7 aromatic rings. The molecule has 0 saturated heterocycles. The molecule has 0 aromatic heterocycles. The quantitative estimate of drug-likeness (QED) is 0.174. The maximum atomic E-state index is 3.88. The maximum absolute atomic E-state index is 3.88. The van der Waals surface area contributed by atoms with Crippen molar-refractivity contribution in [1.82, 2.24) is 0 Å². The Morgan fingerprint density at radius 3 is 1.84 bits per heavy atom. The fourth-order valence-electron chi connectivity index (χ4n) is 7.35. The Bertz CT molecular complexity index is 2260. The molecule has 0 unspecified atom stereocenters. The molecule has 0 fully saturated rings. The van der Waals surface area contributed by atoms with Gasteiger partial charge in [0.25, 0.3) is 0 Å². The summed E-state index contributed by atoms with van der Waals surface area (Å²) in [5.41, 5.74) is 11.4. The number of aryl methyl sites for hydroxylation is 2. The van der Waals surface area contributed by atoms with Gasteiger partial charge >= 0.3 is 0 Å². The number of fused-ring (bicyclic) bond motifs is 7. The third kappa shape index (κ3) is 3.83. The van der Waals surface area contributed by atoms with Crippen molar-refractivity contribution in [2.24, 2.45) is 0 Å². The Kier molecular flexibility index (Phi) is 5.83. The van der Waals surface area contributed by atoms with E-state index in [9.17, 15) is 0 Å². The van der Waals surface area contributed by atoms with E-state index in [0.29, 0.717) is 0 Å². The molecular formula is C41H32BrN. The minimum Gasteiger partial charge on any atom is -0.309 e. The van der Waals surface area contributed by atoms with Crippen molar-refractivity contribution in [2.75, 3.05) is 4.90 Å². The van der Waals surface area contributed by atoms with Crippen molar-refractivity contribution in [3.8, 4) is 11.1 Å². The van der Waals surface area contributed by atoms with E-state index in [1.54, 1.807) is 0 Å². The molecule has 208 valence electrons. The van der Waals surface area contributed by atoms with E-state index >= 15 is 0 Å². The van der Waals surface area contributed by atoms with Crippen LogP contribution in [0.15, 0.2) is 126 Å². The summed E-state index contributed by atoms with van der Waals surface area (Å²) in [5, 5.41) is 7.54.